The first-order valence-corrected chi connectivity index (χ1v) is 9.21. The fourth-order valence-electron chi connectivity index (χ4n) is 2.06. The van der Waals surface area contributed by atoms with E-state index in [1.807, 2.05) is 0 Å². The molecule has 1 N–H and O–H groups in total. The van der Waals surface area contributed by atoms with Crippen LogP contribution in [0.4, 0.5) is 5.69 Å². The quantitative estimate of drug-likeness (QED) is 0.333. The summed E-state index contributed by atoms with van der Waals surface area (Å²) in [7, 11) is 0. The highest BCUT2D eigenvalue weighted by Gasteiger charge is 2.21. The van der Waals surface area contributed by atoms with E-state index < -0.39 is 5.91 Å². The smallest absolute Gasteiger partial charge is 0.291 e. The van der Waals surface area contributed by atoms with Gasteiger partial charge in [-0.25, -0.2) is 0 Å². The topological polar surface area (TPSA) is 64.4 Å². The van der Waals surface area contributed by atoms with Gasteiger partial charge in [0.25, 0.3) is 5.91 Å². The van der Waals surface area contributed by atoms with E-state index in [4.69, 9.17) is 67.2 Å². The lowest BCUT2D eigenvalue weighted by atomic mass is 10.3. The summed E-state index contributed by atoms with van der Waals surface area (Å²) >= 11 is 30.1. The molecule has 1 aromatic carbocycles. The van der Waals surface area contributed by atoms with Crippen LogP contribution in [0.1, 0.15) is 16.3 Å². The number of carbonyl (C=O) groups excluding carboxylic acids is 1. The number of rotatable bonds is 5. The summed E-state index contributed by atoms with van der Waals surface area (Å²) < 4.78 is 11.0. The molecule has 0 aliphatic rings. The van der Waals surface area contributed by atoms with Crippen LogP contribution >= 0.6 is 58.0 Å². The summed E-state index contributed by atoms with van der Waals surface area (Å²) in [6.45, 7) is -0.0593. The van der Waals surface area contributed by atoms with Gasteiger partial charge in [0.1, 0.15) is 22.4 Å². The molecule has 0 radical (unpaired) electrons. The molecule has 0 atom stereocenters. The number of benzene rings is 1. The molecule has 0 saturated carbocycles. The average Bonchev–Trinajstić information content (AvgIpc) is 3.15. The van der Waals surface area contributed by atoms with Gasteiger partial charge in [-0.15, -0.1) is 0 Å². The summed E-state index contributed by atoms with van der Waals surface area (Å²) in [4.78, 5) is 16.1. The van der Waals surface area contributed by atoms with Crippen molar-refractivity contribution in [1.29, 1.82) is 0 Å². The van der Waals surface area contributed by atoms with E-state index in [2.05, 4.69) is 10.3 Å². The van der Waals surface area contributed by atoms with Crippen molar-refractivity contribution in [2.45, 2.75) is 6.61 Å². The Bertz CT molecular complexity index is 963. The van der Waals surface area contributed by atoms with Gasteiger partial charge >= 0.3 is 0 Å². The number of amides is 1. The molecule has 5 nitrogen and oxygen atoms in total. The van der Waals surface area contributed by atoms with E-state index >= 15 is 0 Å². The van der Waals surface area contributed by atoms with Gasteiger partial charge in [-0.3, -0.25) is 9.78 Å². The molecule has 0 fully saturated rings. The minimum atomic E-state index is -0.416. The lowest BCUT2D eigenvalue weighted by Crippen LogP contribution is -2.10. The van der Waals surface area contributed by atoms with Gasteiger partial charge in [0.05, 0.1) is 15.1 Å². The summed E-state index contributed by atoms with van der Waals surface area (Å²) in [5.74, 6) is 0.122. The SMILES string of the molecule is O=C(Nc1ccncc1)c1ccc(COc2c(Cl)c(Cl)c(Cl)c(Cl)c2Cl)o1. The van der Waals surface area contributed by atoms with Crippen molar-refractivity contribution in [2.24, 2.45) is 0 Å². The first kappa shape index (κ1) is 20.1. The van der Waals surface area contributed by atoms with Crippen LogP contribution in [0, 0.1) is 0 Å². The molecular formula is C17H9Cl5N2O3. The Morgan fingerprint density at radius 1 is 0.926 bits per heavy atom. The molecule has 0 unspecified atom stereocenters. The maximum absolute atomic E-state index is 12.2. The third kappa shape index (κ3) is 4.45. The van der Waals surface area contributed by atoms with Gasteiger partial charge in [0.2, 0.25) is 0 Å². The predicted molar refractivity (Wildman–Crippen MR) is 107 cm³/mol. The number of anilines is 1. The molecule has 3 rings (SSSR count). The lowest BCUT2D eigenvalue weighted by Gasteiger charge is -2.12. The average molecular weight is 467 g/mol. The number of halogens is 5. The van der Waals surface area contributed by atoms with Crippen LogP contribution in [-0.2, 0) is 6.61 Å². The molecule has 27 heavy (non-hydrogen) atoms. The first-order valence-electron chi connectivity index (χ1n) is 7.32. The zero-order valence-corrected chi connectivity index (χ0v) is 17.0. The van der Waals surface area contributed by atoms with E-state index in [1.54, 1.807) is 30.6 Å². The van der Waals surface area contributed by atoms with Crippen molar-refractivity contribution in [3.05, 3.63) is 73.3 Å². The molecule has 0 aliphatic carbocycles. The lowest BCUT2D eigenvalue weighted by molar-refractivity contribution is 0.0992. The number of hydrogen-bond donors (Lipinski definition) is 1. The Labute approximate surface area is 179 Å². The molecule has 3 aromatic rings. The van der Waals surface area contributed by atoms with Crippen LogP contribution in [0.2, 0.25) is 25.1 Å². The summed E-state index contributed by atoms with van der Waals surface area (Å²) in [6.07, 6.45) is 3.12. The number of furan rings is 1. The normalized spacial score (nSPS) is 10.7. The second kappa shape index (κ2) is 8.59. The van der Waals surface area contributed by atoms with Gasteiger partial charge in [0.15, 0.2) is 11.5 Å². The highest BCUT2D eigenvalue weighted by Crippen LogP contribution is 2.48. The number of ether oxygens (including phenoxy) is 1. The molecule has 1 amide bonds. The first-order chi connectivity index (χ1) is 12.9. The highest BCUT2D eigenvalue weighted by atomic mass is 35.5. The Morgan fingerprint density at radius 2 is 1.52 bits per heavy atom. The van der Waals surface area contributed by atoms with Crippen LogP contribution in [-0.4, -0.2) is 10.9 Å². The highest BCUT2D eigenvalue weighted by molar-refractivity contribution is 6.55. The van der Waals surface area contributed by atoms with Gasteiger partial charge in [-0.2, -0.15) is 0 Å². The van der Waals surface area contributed by atoms with Gasteiger partial charge < -0.3 is 14.5 Å². The van der Waals surface area contributed by atoms with Crippen LogP contribution < -0.4 is 10.1 Å². The van der Waals surface area contributed by atoms with Crippen LogP contribution in [0.15, 0.2) is 41.1 Å². The summed E-state index contributed by atoms with van der Waals surface area (Å²) in [5, 5.41) is 2.82. The van der Waals surface area contributed by atoms with Crippen molar-refractivity contribution >= 4 is 69.6 Å². The zero-order valence-electron chi connectivity index (χ0n) is 13.2. The fraction of sp³-hybridized carbons (Fsp3) is 0.0588. The van der Waals surface area contributed by atoms with Crippen LogP contribution in [0.3, 0.4) is 0 Å². The van der Waals surface area contributed by atoms with Gasteiger partial charge in [0, 0.05) is 18.1 Å². The predicted octanol–water partition coefficient (Wildman–Crippen LogP) is 6.77. The van der Waals surface area contributed by atoms with Gasteiger partial charge in [-0.1, -0.05) is 58.0 Å². The molecule has 10 heteroatoms. The Balaban J connectivity index is 1.71. The molecule has 0 aliphatic heterocycles. The number of hydrogen-bond acceptors (Lipinski definition) is 4. The Morgan fingerprint density at radius 3 is 2.15 bits per heavy atom. The minimum Gasteiger partial charge on any atom is -0.482 e. The van der Waals surface area contributed by atoms with E-state index in [9.17, 15) is 4.79 Å². The van der Waals surface area contributed by atoms with Crippen molar-refractivity contribution in [3.8, 4) is 5.75 Å². The summed E-state index contributed by atoms with van der Waals surface area (Å²) in [6, 6.07) is 6.41. The van der Waals surface area contributed by atoms with E-state index in [-0.39, 0.29) is 43.2 Å². The largest absolute Gasteiger partial charge is 0.482 e. The van der Waals surface area contributed by atoms with Crippen molar-refractivity contribution < 1.29 is 13.9 Å². The van der Waals surface area contributed by atoms with Crippen LogP contribution in [0.25, 0.3) is 0 Å². The monoisotopic (exact) mass is 464 g/mol. The second-order valence-electron chi connectivity index (χ2n) is 5.14. The number of aromatic nitrogens is 1. The maximum Gasteiger partial charge on any atom is 0.291 e. The van der Waals surface area contributed by atoms with Crippen molar-refractivity contribution in [3.63, 3.8) is 0 Å². The fourth-order valence-corrected chi connectivity index (χ4v) is 3.29. The molecule has 140 valence electrons. The molecule has 0 bridgehead atoms. The van der Waals surface area contributed by atoms with E-state index in [1.165, 1.54) is 6.07 Å². The molecular weight excluding hydrogens is 457 g/mol. The standard InChI is InChI=1S/C17H9Cl5N2O3/c18-11-12(19)14(21)16(15(22)13(11)20)26-7-9-1-2-10(27-9)17(25)24-8-3-5-23-6-4-8/h1-6H,7H2,(H,23,24,25). The third-order valence-corrected chi connectivity index (χ3v) is 5.59. The molecule has 0 spiro atoms. The minimum absolute atomic E-state index is 0.0262. The third-order valence-electron chi connectivity index (χ3n) is 3.35. The van der Waals surface area contributed by atoms with Crippen molar-refractivity contribution in [1.82, 2.24) is 4.98 Å². The van der Waals surface area contributed by atoms with E-state index in [0.29, 0.717) is 11.4 Å². The number of nitrogens with one attached hydrogen (secondary N) is 1. The van der Waals surface area contributed by atoms with Crippen molar-refractivity contribution in [2.75, 3.05) is 5.32 Å². The zero-order chi connectivity index (χ0) is 19.6. The van der Waals surface area contributed by atoms with E-state index in [0.717, 1.165) is 0 Å². The molecule has 2 heterocycles. The van der Waals surface area contributed by atoms with Crippen LogP contribution in [0.5, 0.6) is 5.75 Å². The van der Waals surface area contributed by atoms with Gasteiger partial charge in [-0.05, 0) is 24.3 Å². The second-order valence-corrected chi connectivity index (χ2v) is 7.03. The Hall–Kier alpha value is -1.63. The maximum atomic E-state index is 12.2. The summed E-state index contributed by atoms with van der Waals surface area (Å²) in [5.41, 5.74) is 0.591. The number of carbonyl (C=O) groups is 1. The Kier molecular flexibility index (Phi) is 6.40. The molecule has 0 saturated heterocycles. The molecule has 2 aromatic heterocycles. The number of pyridine rings is 1. The number of nitrogens with zero attached hydrogens (tertiary/aromatic N) is 1.